The first-order chi connectivity index (χ1) is 17.0. The molecule has 3 heterocycles. The molecule has 8 heteroatoms. The zero-order valence-corrected chi connectivity index (χ0v) is 20.4. The highest BCUT2D eigenvalue weighted by Crippen LogP contribution is 2.30. The Kier molecular flexibility index (Phi) is 6.63. The second-order valence-electron chi connectivity index (χ2n) is 9.07. The summed E-state index contributed by atoms with van der Waals surface area (Å²) in [6.07, 6.45) is 2.72. The van der Waals surface area contributed by atoms with E-state index >= 15 is 0 Å². The summed E-state index contributed by atoms with van der Waals surface area (Å²) in [5.74, 6) is 0.0181. The van der Waals surface area contributed by atoms with Gasteiger partial charge in [-0.25, -0.2) is 9.37 Å². The fourth-order valence-corrected chi connectivity index (χ4v) is 5.43. The van der Waals surface area contributed by atoms with Gasteiger partial charge in [-0.1, -0.05) is 29.8 Å². The van der Waals surface area contributed by atoms with Crippen LogP contribution < -0.4 is 15.8 Å². The van der Waals surface area contributed by atoms with Crippen molar-refractivity contribution in [1.82, 2.24) is 14.9 Å². The molecule has 0 radical (unpaired) electrons. The van der Waals surface area contributed by atoms with Gasteiger partial charge >= 0.3 is 0 Å². The summed E-state index contributed by atoms with van der Waals surface area (Å²) < 4.78 is 14.7. The van der Waals surface area contributed by atoms with E-state index in [2.05, 4.69) is 15.2 Å². The lowest BCUT2D eigenvalue weighted by Crippen LogP contribution is -2.32. The van der Waals surface area contributed by atoms with Crippen molar-refractivity contribution in [1.29, 1.82) is 0 Å². The van der Waals surface area contributed by atoms with Crippen LogP contribution in [-0.4, -0.2) is 35.1 Å². The van der Waals surface area contributed by atoms with E-state index in [1.165, 1.54) is 34.4 Å². The first kappa shape index (κ1) is 23.2. The molecular formula is C27H27FN4O2S. The van der Waals surface area contributed by atoms with Crippen LogP contribution in [0.3, 0.4) is 0 Å². The van der Waals surface area contributed by atoms with Gasteiger partial charge in [0.15, 0.2) is 0 Å². The molecular weight excluding hydrogens is 463 g/mol. The van der Waals surface area contributed by atoms with Crippen molar-refractivity contribution in [2.24, 2.45) is 5.92 Å². The molecule has 2 aromatic heterocycles. The number of carbonyl (C=O) groups is 1. The Labute approximate surface area is 207 Å². The summed E-state index contributed by atoms with van der Waals surface area (Å²) in [5.41, 5.74) is 3.91. The molecule has 6 nitrogen and oxygen atoms in total. The minimum atomic E-state index is -0.240. The van der Waals surface area contributed by atoms with E-state index in [0.717, 1.165) is 41.9 Å². The highest BCUT2D eigenvalue weighted by Gasteiger charge is 2.23. The Bertz CT molecular complexity index is 1400. The number of hydrogen-bond acceptors (Lipinski definition) is 5. The maximum absolute atomic E-state index is 13.2. The fourth-order valence-electron chi connectivity index (χ4n) is 4.53. The molecule has 0 saturated carbocycles. The minimum Gasteiger partial charge on any atom is -0.371 e. The molecule has 5 rings (SSSR count). The normalized spacial score (nSPS) is 15.6. The van der Waals surface area contributed by atoms with Crippen LogP contribution in [0.1, 0.15) is 18.4 Å². The predicted molar refractivity (Wildman–Crippen MR) is 138 cm³/mol. The van der Waals surface area contributed by atoms with Crippen LogP contribution in [0, 0.1) is 18.7 Å². The van der Waals surface area contributed by atoms with Crippen molar-refractivity contribution < 1.29 is 9.18 Å². The number of fused-ring (bicyclic) bond motifs is 1. The number of aryl methyl sites for hydroxylation is 2. The molecule has 0 aliphatic carbocycles. The second kappa shape index (κ2) is 10.00. The standard InChI is InChI=1S/C27H27FN4O2S/c1-18-2-4-20(5-3-18)23-16-35-26-25(23)27(34)32(17-30-26)13-11-24(33)29-14-19-10-12-31(15-19)22-8-6-21(28)7-9-22/h2-9,16-17,19H,10-15H2,1H3,(H,29,33). The Morgan fingerprint density at radius 2 is 1.94 bits per heavy atom. The van der Waals surface area contributed by atoms with E-state index in [0.29, 0.717) is 22.7 Å². The maximum atomic E-state index is 13.2. The van der Waals surface area contributed by atoms with Gasteiger partial charge in [0, 0.05) is 49.2 Å². The van der Waals surface area contributed by atoms with Crippen LogP contribution in [0.2, 0.25) is 0 Å². The molecule has 1 atom stereocenters. The third-order valence-corrected chi connectivity index (χ3v) is 7.45. The van der Waals surface area contributed by atoms with E-state index in [4.69, 9.17) is 0 Å². The van der Waals surface area contributed by atoms with Gasteiger partial charge in [0.2, 0.25) is 5.91 Å². The molecule has 1 fully saturated rings. The van der Waals surface area contributed by atoms with Crippen molar-refractivity contribution in [3.05, 3.63) is 82.0 Å². The first-order valence-corrected chi connectivity index (χ1v) is 12.7. The summed E-state index contributed by atoms with van der Waals surface area (Å²) in [7, 11) is 0. The molecule has 1 saturated heterocycles. The number of halogens is 1. The first-order valence-electron chi connectivity index (χ1n) is 11.8. The quantitative estimate of drug-likeness (QED) is 0.411. The van der Waals surface area contributed by atoms with E-state index in [9.17, 15) is 14.0 Å². The smallest absolute Gasteiger partial charge is 0.262 e. The van der Waals surface area contributed by atoms with Crippen LogP contribution in [0.15, 0.2) is 65.0 Å². The third-order valence-electron chi connectivity index (χ3n) is 6.57. The number of amides is 1. The number of aromatic nitrogens is 2. The monoisotopic (exact) mass is 490 g/mol. The number of benzene rings is 2. The van der Waals surface area contributed by atoms with Crippen LogP contribution in [-0.2, 0) is 11.3 Å². The van der Waals surface area contributed by atoms with Gasteiger partial charge in [0.05, 0.1) is 11.7 Å². The van der Waals surface area contributed by atoms with E-state index < -0.39 is 0 Å². The fraction of sp³-hybridized carbons (Fsp3) is 0.296. The number of thiophene rings is 1. The van der Waals surface area contributed by atoms with E-state index in [1.807, 2.05) is 36.6 Å². The van der Waals surface area contributed by atoms with Crippen LogP contribution in [0.25, 0.3) is 21.3 Å². The average molecular weight is 491 g/mol. The van der Waals surface area contributed by atoms with Gasteiger partial charge in [-0.05, 0) is 49.1 Å². The number of nitrogens with zero attached hydrogens (tertiary/aromatic N) is 3. The van der Waals surface area contributed by atoms with Crippen LogP contribution >= 0.6 is 11.3 Å². The number of anilines is 1. The minimum absolute atomic E-state index is 0.0821. The SMILES string of the molecule is Cc1ccc(-c2csc3ncn(CCC(=O)NCC4CCN(c5ccc(F)cc5)C4)c(=O)c23)cc1. The third kappa shape index (κ3) is 5.12. The highest BCUT2D eigenvalue weighted by molar-refractivity contribution is 7.17. The predicted octanol–water partition coefficient (Wildman–Crippen LogP) is 4.61. The van der Waals surface area contributed by atoms with E-state index in [-0.39, 0.29) is 30.2 Å². The molecule has 0 bridgehead atoms. The largest absolute Gasteiger partial charge is 0.371 e. The maximum Gasteiger partial charge on any atom is 0.262 e. The lowest BCUT2D eigenvalue weighted by molar-refractivity contribution is -0.121. The van der Waals surface area contributed by atoms with Gasteiger partial charge in [-0.2, -0.15) is 0 Å². The van der Waals surface area contributed by atoms with Crippen molar-refractivity contribution in [3.8, 4) is 11.1 Å². The number of carbonyl (C=O) groups excluding carboxylic acids is 1. The zero-order chi connectivity index (χ0) is 24.4. The molecule has 1 aliphatic rings. The summed E-state index contributed by atoms with van der Waals surface area (Å²) in [6, 6.07) is 14.6. The Morgan fingerprint density at radius 1 is 1.17 bits per heavy atom. The Balaban J connectivity index is 1.18. The Hall–Kier alpha value is -3.52. The molecule has 1 N–H and O–H groups in total. The summed E-state index contributed by atoms with van der Waals surface area (Å²) >= 11 is 1.46. The summed E-state index contributed by atoms with van der Waals surface area (Å²) in [4.78, 5) is 33.1. The van der Waals surface area contributed by atoms with Gasteiger partial charge < -0.3 is 10.2 Å². The number of rotatable bonds is 7. The van der Waals surface area contributed by atoms with Crippen LogP contribution in [0.5, 0.6) is 0 Å². The molecule has 4 aromatic rings. The molecule has 0 spiro atoms. The van der Waals surface area contributed by atoms with Crippen LogP contribution in [0.4, 0.5) is 10.1 Å². The number of nitrogens with one attached hydrogen (secondary N) is 1. The summed E-state index contributed by atoms with van der Waals surface area (Å²) in [6.45, 7) is 4.61. The second-order valence-corrected chi connectivity index (χ2v) is 9.93. The lowest BCUT2D eigenvalue weighted by atomic mass is 10.1. The Morgan fingerprint density at radius 3 is 2.71 bits per heavy atom. The lowest BCUT2D eigenvalue weighted by Gasteiger charge is -2.18. The molecule has 2 aromatic carbocycles. The average Bonchev–Trinajstić information content (AvgIpc) is 3.51. The van der Waals surface area contributed by atoms with Gasteiger partial charge in [-0.3, -0.25) is 14.2 Å². The van der Waals surface area contributed by atoms with Crippen molar-refractivity contribution in [2.45, 2.75) is 26.3 Å². The van der Waals surface area contributed by atoms with Gasteiger partial charge in [0.25, 0.3) is 5.56 Å². The number of hydrogen-bond donors (Lipinski definition) is 1. The molecule has 1 unspecified atom stereocenters. The van der Waals surface area contributed by atoms with Gasteiger partial charge in [-0.15, -0.1) is 11.3 Å². The van der Waals surface area contributed by atoms with Crippen molar-refractivity contribution in [2.75, 3.05) is 24.5 Å². The highest BCUT2D eigenvalue weighted by atomic mass is 32.1. The van der Waals surface area contributed by atoms with Crippen molar-refractivity contribution >= 4 is 33.1 Å². The van der Waals surface area contributed by atoms with Gasteiger partial charge in [0.1, 0.15) is 10.6 Å². The molecule has 180 valence electrons. The van der Waals surface area contributed by atoms with E-state index in [1.54, 1.807) is 12.1 Å². The van der Waals surface area contributed by atoms with Crippen molar-refractivity contribution in [3.63, 3.8) is 0 Å². The summed E-state index contributed by atoms with van der Waals surface area (Å²) in [5, 5.41) is 5.59. The topological polar surface area (TPSA) is 67.2 Å². The zero-order valence-electron chi connectivity index (χ0n) is 19.5. The molecule has 35 heavy (non-hydrogen) atoms. The molecule has 1 amide bonds. The molecule has 1 aliphatic heterocycles.